The lowest BCUT2D eigenvalue weighted by atomic mass is 9.82. The zero-order valence-corrected chi connectivity index (χ0v) is 34.9. The monoisotopic (exact) mass is 769 g/mol. The number of benzene rings is 9. The molecule has 0 heterocycles. The first kappa shape index (κ1) is 36.1. The Hall–Kier alpha value is -6.96. The van der Waals surface area contributed by atoms with Gasteiger partial charge in [0.1, 0.15) is 0 Å². The van der Waals surface area contributed by atoms with E-state index in [0.29, 0.717) is 0 Å². The molecule has 288 valence electrons. The number of rotatable bonds is 6. The first-order valence-electron chi connectivity index (χ1n) is 21.3. The first-order chi connectivity index (χ1) is 29.2. The Morgan fingerprint density at radius 1 is 0.350 bits per heavy atom. The molecule has 0 aromatic heterocycles. The van der Waals surface area contributed by atoms with E-state index in [1.807, 2.05) is 0 Å². The van der Waals surface area contributed by atoms with Crippen LogP contribution in [-0.2, 0) is 10.8 Å². The molecule has 0 N–H and O–H groups in total. The van der Waals surface area contributed by atoms with E-state index >= 15 is 0 Å². The topological polar surface area (TPSA) is 3.24 Å². The maximum atomic E-state index is 2.52. The van der Waals surface area contributed by atoms with Crippen molar-refractivity contribution in [1.82, 2.24) is 0 Å². The number of hydrogen-bond acceptors (Lipinski definition) is 1. The van der Waals surface area contributed by atoms with E-state index in [-0.39, 0.29) is 10.8 Å². The summed E-state index contributed by atoms with van der Waals surface area (Å²) >= 11 is 0. The van der Waals surface area contributed by atoms with Gasteiger partial charge < -0.3 is 4.90 Å². The molecule has 0 amide bonds. The number of anilines is 3. The van der Waals surface area contributed by atoms with Gasteiger partial charge in [0.2, 0.25) is 0 Å². The Morgan fingerprint density at radius 3 is 1.77 bits per heavy atom. The highest BCUT2D eigenvalue weighted by molar-refractivity contribution is 6.02. The van der Waals surface area contributed by atoms with Crippen molar-refractivity contribution in [3.63, 3.8) is 0 Å². The average molecular weight is 770 g/mol. The zero-order valence-electron chi connectivity index (χ0n) is 34.9. The predicted molar refractivity (Wildman–Crippen MR) is 255 cm³/mol. The lowest BCUT2D eigenvalue weighted by Gasteiger charge is -2.31. The fourth-order valence-electron chi connectivity index (χ4n) is 10.5. The van der Waals surface area contributed by atoms with Gasteiger partial charge in [-0.2, -0.15) is 0 Å². The number of para-hydroxylation sites is 1. The van der Waals surface area contributed by atoms with Crippen LogP contribution in [0.25, 0.3) is 66.4 Å². The number of nitrogens with zero attached hydrogens (tertiary/aromatic N) is 1. The predicted octanol–water partition coefficient (Wildman–Crippen LogP) is 16.2. The second kappa shape index (κ2) is 13.5. The van der Waals surface area contributed by atoms with E-state index < -0.39 is 0 Å². The molecule has 0 atom stereocenters. The average Bonchev–Trinajstić information content (AvgIpc) is 3.66. The Labute approximate surface area is 354 Å². The molecule has 0 radical (unpaired) electrons. The normalized spacial score (nSPS) is 14.0. The molecule has 0 saturated heterocycles. The second-order valence-electron chi connectivity index (χ2n) is 17.8. The van der Waals surface area contributed by atoms with Gasteiger partial charge in [0.05, 0.1) is 11.4 Å². The van der Waals surface area contributed by atoms with Crippen LogP contribution in [0.15, 0.2) is 194 Å². The standard InChI is InChI=1S/C59H47N/c1-38-31-34-56(49(35-38)41-32-33-53-50(37-41)45-22-8-11-27-51(45)58(53,2)3)60(42-20-14-19-40(36-42)44-25-15-18-39-17-6-7-21-43(39)44)55-30-13-10-23-46(55)47-26-16-29-54-57(47)48-24-9-12-28-52(48)59(54,4)5/h6-37H,1-5H3. The van der Waals surface area contributed by atoms with Gasteiger partial charge in [0.15, 0.2) is 0 Å². The van der Waals surface area contributed by atoms with Crippen LogP contribution in [0.4, 0.5) is 17.1 Å². The van der Waals surface area contributed by atoms with Crippen molar-refractivity contribution in [2.45, 2.75) is 45.4 Å². The largest absolute Gasteiger partial charge is 0.309 e. The van der Waals surface area contributed by atoms with Gasteiger partial charge in [-0.25, -0.2) is 0 Å². The summed E-state index contributed by atoms with van der Waals surface area (Å²) in [6.07, 6.45) is 0. The Kier molecular flexibility index (Phi) is 8.16. The lowest BCUT2D eigenvalue weighted by molar-refractivity contribution is 0.660. The summed E-state index contributed by atoms with van der Waals surface area (Å²) in [5.74, 6) is 0. The molecular formula is C59H47N. The van der Waals surface area contributed by atoms with Crippen LogP contribution in [0, 0.1) is 6.92 Å². The quantitative estimate of drug-likeness (QED) is 0.163. The molecule has 2 aliphatic rings. The van der Waals surface area contributed by atoms with E-state index in [1.165, 1.54) is 94.2 Å². The third-order valence-corrected chi connectivity index (χ3v) is 13.5. The van der Waals surface area contributed by atoms with Crippen LogP contribution in [-0.4, -0.2) is 0 Å². The van der Waals surface area contributed by atoms with Crippen molar-refractivity contribution in [1.29, 1.82) is 0 Å². The van der Waals surface area contributed by atoms with E-state index in [1.54, 1.807) is 0 Å². The van der Waals surface area contributed by atoms with Crippen LogP contribution in [0.2, 0.25) is 0 Å². The molecule has 11 rings (SSSR count). The Bertz CT molecular complexity index is 3170. The van der Waals surface area contributed by atoms with Crippen molar-refractivity contribution in [3.8, 4) is 55.6 Å². The second-order valence-corrected chi connectivity index (χ2v) is 17.8. The molecular weight excluding hydrogens is 723 g/mol. The molecule has 2 aliphatic carbocycles. The van der Waals surface area contributed by atoms with Gasteiger partial charge >= 0.3 is 0 Å². The lowest BCUT2D eigenvalue weighted by Crippen LogP contribution is -2.15. The molecule has 60 heavy (non-hydrogen) atoms. The van der Waals surface area contributed by atoms with Gasteiger partial charge in [-0.3, -0.25) is 0 Å². The van der Waals surface area contributed by atoms with E-state index in [2.05, 4.69) is 234 Å². The number of hydrogen-bond donors (Lipinski definition) is 0. The van der Waals surface area contributed by atoms with Gasteiger partial charge in [0.25, 0.3) is 0 Å². The fourth-order valence-corrected chi connectivity index (χ4v) is 10.5. The summed E-state index contributed by atoms with van der Waals surface area (Å²) in [6, 6.07) is 72.6. The highest BCUT2D eigenvalue weighted by Gasteiger charge is 2.38. The molecule has 0 fully saturated rings. The summed E-state index contributed by atoms with van der Waals surface area (Å²) in [7, 11) is 0. The maximum absolute atomic E-state index is 2.52. The molecule has 9 aromatic carbocycles. The summed E-state index contributed by atoms with van der Waals surface area (Å²) in [6.45, 7) is 11.7. The van der Waals surface area contributed by atoms with Crippen LogP contribution < -0.4 is 4.90 Å². The van der Waals surface area contributed by atoms with Crippen molar-refractivity contribution >= 4 is 27.8 Å². The first-order valence-corrected chi connectivity index (χ1v) is 21.3. The van der Waals surface area contributed by atoms with E-state index in [0.717, 1.165) is 17.1 Å². The molecule has 0 saturated carbocycles. The van der Waals surface area contributed by atoms with Crippen LogP contribution in [0.5, 0.6) is 0 Å². The summed E-state index contributed by atoms with van der Waals surface area (Å²) in [5.41, 5.74) is 22.6. The van der Waals surface area contributed by atoms with Gasteiger partial charge in [-0.1, -0.05) is 191 Å². The number of aryl methyl sites for hydroxylation is 1. The molecule has 0 unspecified atom stereocenters. The molecule has 0 aliphatic heterocycles. The van der Waals surface area contributed by atoms with Crippen LogP contribution >= 0.6 is 0 Å². The van der Waals surface area contributed by atoms with Crippen molar-refractivity contribution < 1.29 is 0 Å². The minimum atomic E-state index is -0.103. The zero-order chi connectivity index (χ0) is 40.8. The van der Waals surface area contributed by atoms with Crippen LogP contribution in [0.1, 0.15) is 55.5 Å². The number of fused-ring (bicyclic) bond motifs is 7. The summed E-state index contributed by atoms with van der Waals surface area (Å²) in [4.78, 5) is 2.52. The van der Waals surface area contributed by atoms with Gasteiger partial charge in [0, 0.05) is 27.6 Å². The maximum Gasteiger partial charge on any atom is 0.0540 e. The summed E-state index contributed by atoms with van der Waals surface area (Å²) in [5, 5.41) is 2.49. The van der Waals surface area contributed by atoms with E-state index in [4.69, 9.17) is 0 Å². The highest BCUT2D eigenvalue weighted by Crippen LogP contribution is 2.55. The van der Waals surface area contributed by atoms with Crippen molar-refractivity contribution in [3.05, 3.63) is 222 Å². The SMILES string of the molecule is Cc1ccc(N(c2cccc(-c3cccc4ccccc34)c2)c2ccccc2-c2cccc3c2-c2ccccc2C3(C)C)c(-c2ccc3c(c2)-c2ccccc2C3(C)C)c1. The smallest absolute Gasteiger partial charge is 0.0540 e. The molecule has 1 nitrogen and oxygen atoms in total. The van der Waals surface area contributed by atoms with E-state index in [9.17, 15) is 0 Å². The van der Waals surface area contributed by atoms with Crippen molar-refractivity contribution in [2.75, 3.05) is 4.90 Å². The van der Waals surface area contributed by atoms with Crippen LogP contribution in [0.3, 0.4) is 0 Å². The molecule has 9 aromatic rings. The third-order valence-electron chi connectivity index (χ3n) is 13.5. The minimum absolute atomic E-state index is 0.0595. The molecule has 1 heteroatoms. The van der Waals surface area contributed by atoms with Gasteiger partial charge in [-0.05, 0) is 121 Å². The molecule has 0 spiro atoms. The Balaban J connectivity index is 1.17. The third kappa shape index (κ3) is 5.46. The van der Waals surface area contributed by atoms with Crippen molar-refractivity contribution in [2.24, 2.45) is 0 Å². The fraction of sp³-hybridized carbons (Fsp3) is 0.119. The summed E-state index contributed by atoms with van der Waals surface area (Å²) < 4.78 is 0. The highest BCUT2D eigenvalue weighted by atomic mass is 15.1. The Morgan fingerprint density at radius 2 is 0.917 bits per heavy atom. The minimum Gasteiger partial charge on any atom is -0.309 e. The van der Waals surface area contributed by atoms with Gasteiger partial charge in [-0.15, -0.1) is 0 Å². The molecule has 0 bridgehead atoms.